The number of halogens is 2. The molecule has 2 rings (SSSR count). The number of hydrogen-bond acceptors (Lipinski definition) is 2. The van der Waals surface area contributed by atoms with Crippen LogP contribution in [0.5, 0.6) is 0 Å². The Morgan fingerprint density at radius 2 is 1.95 bits per heavy atom. The Labute approximate surface area is 134 Å². The van der Waals surface area contributed by atoms with E-state index in [1.54, 1.807) is 0 Å². The van der Waals surface area contributed by atoms with Gasteiger partial charge in [0.05, 0.1) is 9.26 Å². The molecule has 5 heteroatoms. The molecular weight excluding hydrogens is 419 g/mol. The molecule has 0 atom stereocenters. The van der Waals surface area contributed by atoms with Crippen LogP contribution in [0.1, 0.15) is 36.8 Å². The number of nitrogens with one attached hydrogen (secondary N) is 1. The van der Waals surface area contributed by atoms with Crippen LogP contribution in [0.2, 0.25) is 0 Å². The molecule has 0 radical (unpaired) electrons. The summed E-state index contributed by atoms with van der Waals surface area (Å²) in [4.78, 5) is 19.3. The van der Waals surface area contributed by atoms with Crippen molar-refractivity contribution in [3.05, 3.63) is 59.7 Å². The van der Waals surface area contributed by atoms with Gasteiger partial charge >= 0.3 is 0 Å². The maximum atomic E-state index is 11.9. The Hall–Kier alpha value is -0.690. The van der Waals surface area contributed by atoms with Gasteiger partial charge in [-0.05, 0) is 46.2 Å². The molecule has 0 unspecified atom stereocenters. The Bertz CT molecular complexity index is 635. The first-order chi connectivity index (χ1) is 8.97. The van der Waals surface area contributed by atoms with Gasteiger partial charge in [-0.1, -0.05) is 41.9 Å². The number of aromatic amines is 1. The Morgan fingerprint density at radius 1 is 1.32 bits per heavy atom. The fourth-order valence-corrected chi connectivity index (χ4v) is 2.93. The van der Waals surface area contributed by atoms with Crippen molar-refractivity contribution in [3.8, 4) is 0 Å². The molecule has 3 nitrogen and oxygen atoms in total. The molecule has 1 aromatic heterocycles. The molecule has 1 heterocycles. The fraction of sp³-hybridized carbons (Fsp3) is 0.286. The van der Waals surface area contributed by atoms with Gasteiger partial charge in [0.25, 0.3) is 5.56 Å². The van der Waals surface area contributed by atoms with Gasteiger partial charge in [0, 0.05) is 10.9 Å². The van der Waals surface area contributed by atoms with Crippen molar-refractivity contribution in [1.82, 2.24) is 9.97 Å². The molecule has 100 valence electrons. The molecule has 19 heavy (non-hydrogen) atoms. The lowest BCUT2D eigenvalue weighted by molar-refractivity contribution is 0.774. The van der Waals surface area contributed by atoms with E-state index in [0.29, 0.717) is 9.99 Å². The number of benzene rings is 1. The molecular formula is C14H14BrIN2O. The van der Waals surface area contributed by atoms with E-state index in [4.69, 9.17) is 0 Å². The number of nitrogens with zero attached hydrogens (tertiary/aromatic N) is 1. The number of rotatable bonds is 3. The maximum absolute atomic E-state index is 11.9. The third-order valence-electron chi connectivity index (χ3n) is 2.77. The van der Waals surface area contributed by atoms with Gasteiger partial charge < -0.3 is 4.98 Å². The predicted molar refractivity (Wildman–Crippen MR) is 88.6 cm³/mol. The molecule has 0 aliphatic carbocycles. The van der Waals surface area contributed by atoms with Crippen molar-refractivity contribution in [3.63, 3.8) is 0 Å². The molecule has 0 spiro atoms. The molecule has 0 amide bonds. The first kappa shape index (κ1) is 14.7. The lowest BCUT2D eigenvalue weighted by Gasteiger charge is -2.09. The minimum atomic E-state index is -0.0496. The van der Waals surface area contributed by atoms with Crippen LogP contribution in [-0.4, -0.2) is 9.97 Å². The fourth-order valence-electron chi connectivity index (χ4n) is 1.79. The van der Waals surface area contributed by atoms with Crippen molar-refractivity contribution in [2.45, 2.75) is 26.2 Å². The molecule has 0 bridgehead atoms. The average molecular weight is 433 g/mol. The third-order valence-corrected chi connectivity index (χ3v) is 4.34. The zero-order valence-electron chi connectivity index (χ0n) is 10.7. The van der Waals surface area contributed by atoms with Crippen LogP contribution in [-0.2, 0) is 6.42 Å². The Morgan fingerprint density at radius 3 is 2.53 bits per heavy atom. The Balaban J connectivity index is 2.35. The van der Waals surface area contributed by atoms with Crippen molar-refractivity contribution >= 4 is 38.5 Å². The van der Waals surface area contributed by atoms with Crippen molar-refractivity contribution < 1.29 is 0 Å². The zero-order chi connectivity index (χ0) is 14.0. The van der Waals surface area contributed by atoms with E-state index in [1.165, 1.54) is 0 Å². The minimum Gasteiger partial charge on any atom is -0.309 e. The highest BCUT2D eigenvalue weighted by Gasteiger charge is 2.12. The van der Waals surface area contributed by atoms with E-state index in [-0.39, 0.29) is 11.5 Å². The first-order valence-electron chi connectivity index (χ1n) is 6.00. The quantitative estimate of drug-likeness (QED) is 0.748. The monoisotopic (exact) mass is 432 g/mol. The van der Waals surface area contributed by atoms with Gasteiger partial charge in [0.2, 0.25) is 0 Å². The van der Waals surface area contributed by atoms with E-state index in [2.05, 4.69) is 48.5 Å². The molecule has 1 aromatic carbocycles. The zero-order valence-corrected chi connectivity index (χ0v) is 14.4. The third kappa shape index (κ3) is 3.66. The van der Waals surface area contributed by atoms with Gasteiger partial charge in [-0.3, -0.25) is 4.79 Å². The number of aromatic nitrogens is 2. The molecule has 0 aliphatic heterocycles. The van der Waals surface area contributed by atoms with Crippen LogP contribution >= 0.6 is 38.5 Å². The summed E-state index contributed by atoms with van der Waals surface area (Å²) in [6.07, 6.45) is 0.638. The summed E-state index contributed by atoms with van der Waals surface area (Å²) in [6, 6.07) is 8.03. The smallest absolute Gasteiger partial charge is 0.264 e. The molecule has 1 N–H and O–H groups in total. The van der Waals surface area contributed by atoms with Gasteiger partial charge in [0.15, 0.2) is 0 Å². The summed E-state index contributed by atoms with van der Waals surface area (Å²) in [5.41, 5.74) is 1.95. The summed E-state index contributed by atoms with van der Waals surface area (Å²) >= 11 is 5.47. The summed E-state index contributed by atoms with van der Waals surface area (Å²) in [5.74, 6) is 0.967. The predicted octanol–water partition coefficient (Wildman–Crippen LogP) is 3.85. The molecule has 0 saturated carbocycles. The molecule has 0 fully saturated rings. The van der Waals surface area contributed by atoms with Crippen LogP contribution in [0.15, 0.2) is 33.5 Å². The van der Waals surface area contributed by atoms with E-state index in [1.807, 2.05) is 38.1 Å². The van der Waals surface area contributed by atoms with Crippen LogP contribution in [0.4, 0.5) is 0 Å². The van der Waals surface area contributed by atoms with E-state index >= 15 is 0 Å². The van der Waals surface area contributed by atoms with Gasteiger partial charge in [-0.2, -0.15) is 0 Å². The summed E-state index contributed by atoms with van der Waals surface area (Å²) < 4.78 is 1.73. The van der Waals surface area contributed by atoms with Crippen molar-refractivity contribution in [2.75, 3.05) is 0 Å². The number of H-pyrrole nitrogens is 1. The molecule has 0 saturated heterocycles. The summed E-state index contributed by atoms with van der Waals surface area (Å²) in [5, 5.41) is 0. The minimum absolute atomic E-state index is 0.0496. The highest BCUT2D eigenvalue weighted by atomic mass is 127. The average Bonchev–Trinajstić information content (AvgIpc) is 2.36. The second-order valence-electron chi connectivity index (χ2n) is 4.67. The molecule has 2 aromatic rings. The maximum Gasteiger partial charge on any atom is 0.264 e. The normalized spacial score (nSPS) is 11.0. The molecule has 0 aliphatic rings. The second kappa shape index (κ2) is 6.17. The number of hydrogen-bond donors (Lipinski definition) is 1. The van der Waals surface area contributed by atoms with Crippen LogP contribution in [0, 0.1) is 3.57 Å². The van der Waals surface area contributed by atoms with Crippen LogP contribution < -0.4 is 5.56 Å². The Kier molecular flexibility index (Phi) is 4.78. The van der Waals surface area contributed by atoms with Crippen molar-refractivity contribution in [1.29, 1.82) is 0 Å². The summed E-state index contributed by atoms with van der Waals surface area (Å²) in [7, 11) is 0. The lowest BCUT2D eigenvalue weighted by Crippen LogP contribution is -2.19. The topological polar surface area (TPSA) is 45.8 Å². The first-order valence-corrected chi connectivity index (χ1v) is 7.87. The largest absolute Gasteiger partial charge is 0.309 e. The standard InChI is InChI=1S/C14H14BrIN2O/c1-8(2)13-12(16)14(19)18-11(17-13)7-9-3-5-10(15)6-4-9/h3-6,8H,7H2,1-2H3,(H,17,18,19). The van der Waals surface area contributed by atoms with E-state index < -0.39 is 0 Å². The summed E-state index contributed by atoms with van der Waals surface area (Å²) in [6.45, 7) is 4.10. The van der Waals surface area contributed by atoms with E-state index in [9.17, 15) is 4.79 Å². The second-order valence-corrected chi connectivity index (χ2v) is 6.66. The van der Waals surface area contributed by atoms with Gasteiger partial charge in [-0.25, -0.2) is 4.98 Å². The van der Waals surface area contributed by atoms with Crippen LogP contribution in [0.3, 0.4) is 0 Å². The van der Waals surface area contributed by atoms with E-state index in [0.717, 1.165) is 21.6 Å². The van der Waals surface area contributed by atoms with Gasteiger partial charge in [-0.15, -0.1) is 0 Å². The lowest BCUT2D eigenvalue weighted by atomic mass is 10.1. The van der Waals surface area contributed by atoms with Crippen LogP contribution in [0.25, 0.3) is 0 Å². The SMILES string of the molecule is CC(C)c1nc(Cc2ccc(Br)cc2)[nH]c(=O)c1I. The van der Waals surface area contributed by atoms with Gasteiger partial charge in [0.1, 0.15) is 5.82 Å². The highest BCUT2D eigenvalue weighted by Crippen LogP contribution is 2.17. The van der Waals surface area contributed by atoms with Crippen molar-refractivity contribution in [2.24, 2.45) is 0 Å². The highest BCUT2D eigenvalue weighted by molar-refractivity contribution is 14.1.